The van der Waals surface area contributed by atoms with E-state index >= 15 is 0 Å². The zero-order valence-corrected chi connectivity index (χ0v) is 14.9. The molecule has 1 aromatic heterocycles. The minimum atomic E-state index is -4.32. The molecule has 0 aliphatic heterocycles. The summed E-state index contributed by atoms with van der Waals surface area (Å²) in [5, 5.41) is 5.28. The lowest BCUT2D eigenvalue weighted by molar-refractivity contribution is -0.175. The van der Waals surface area contributed by atoms with Gasteiger partial charge in [-0.3, -0.25) is 4.98 Å². The van der Waals surface area contributed by atoms with Gasteiger partial charge in [-0.15, -0.1) is 0 Å². The number of halogens is 4. The summed E-state index contributed by atoms with van der Waals surface area (Å²) in [4.78, 5) is 4.30. The van der Waals surface area contributed by atoms with Gasteiger partial charge in [0.1, 0.15) is 0 Å². The highest BCUT2D eigenvalue weighted by atomic mass is 35.5. The van der Waals surface area contributed by atoms with Crippen LogP contribution in [-0.4, -0.2) is 17.7 Å². The molecule has 0 radical (unpaired) electrons. The number of alkyl halides is 3. The molecule has 2 atom stereocenters. The minimum absolute atomic E-state index is 0.0791. The fourth-order valence-electron chi connectivity index (χ4n) is 2.89. The lowest BCUT2D eigenvalue weighted by atomic mass is 9.89. The zero-order valence-electron chi connectivity index (χ0n) is 14.1. The van der Waals surface area contributed by atoms with E-state index in [1.165, 1.54) is 6.92 Å². The Hall–Kier alpha value is -2.27. The molecule has 136 valence electrons. The molecular weight excluding hydrogens is 361 g/mol. The van der Waals surface area contributed by atoms with Crippen molar-refractivity contribution in [2.75, 3.05) is 11.9 Å². The molecule has 0 spiro atoms. The lowest BCUT2D eigenvalue weighted by Crippen LogP contribution is -2.31. The van der Waals surface area contributed by atoms with E-state index in [1.807, 2.05) is 24.3 Å². The van der Waals surface area contributed by atoms with Crippen LogP contribution in [-0.2, 0) is 0 Å². The number of nitrogens with one attached hydrogen (secondary N) is 1. The molecule has 6 heteroatoms. The van der Waals surface area contributed by atoms with E-state index in [-0.39, 0.29) is 6.54 Å². The van der Waals surface area contributed by atoms with E-state index < -0.39 is 18.0 Å². The molecule has 0 aliphatic rings. The van der Waals surface area contributed by atoms with Crippen molar-refractivity contribution in [3.8, 4) is 0 Å². The lowest BCUT2D eigenvalue weighted by Gasteiger charge is -2.26. The van der Waals surface area contributed by atoms with Crippen LogP contribution < -0.4 is 5.32 Å². The molecule has 1 N–H and O–H groups in total. The van der Waals surface area contributed by atoms with Crippen molar-refractivity contribution < 1.29 is 13.2 Å². The largest absolute Gasteiger partial charge is 0.392 e. The Morgan fingerprint density at radius 3 is 2.38 bits per heavy atom. The molecule has 1 heterocycles. The molecule has 2 nitrogen and oxygen atoms in total. The number of rotatable bonds is 5. The van der Waals surface area contributed by atoms with E-state index in [0.717, 1.165) is 10.8 Å². The van der Waals surface area contributed by atoms with Crippen molar-refractivity contribution in [1.82, 2.24) is 4.98 Å². The second kappa shape index (κ2) is 7.54. The third kappa shape index (κ3) is 4.10. The molecular formula is C20H18ClF3N2. The molecule has 0 fully saturated rings. The van der Waals surface area contributed by atoms with Gasteiger partial charge in [-0.1, -0.05) is 54.9 Å². The Morgan fingerprint density at radius 1 is 1.04 bits per heavy atom. The molecule has 0 unspecified atom stereocenters. The first-order valence-electron chi connectivity index (χ1n) is 8.26. The molecule has 26 heavy (non-hydrogen) atoms. The van der Waals surface area contributed by atoms with Gasteiger partial charge in [-0.25, -0.2) is 0 Å². The number of hydrogen-bond acceptors (Lipinski definition) is 2. The molecule has 3 rings (SSSR count). The molecule has 0 amide bonds. The van der Waals surface area contributed by atoms with Crippen molar-refractivity contribution in [3.05, 3.63) is 71.5 Å². The van der Waals surface area contributed by atoms with Crippen molar-refractivity contribution in [2.45, 2.75) is 19.0 Å². The van der Waals surface area contributed by atoms with Crippen molar-refractivity contribution in [2.24, 2.45) is 5.92 Å². The average molecular weight is 379 g/mol. The number of anilines is 1. The molecule has 0 saturated heterocycles. The second-order valence-electron chi connectivity index (χ2n) is 6.25. The maximum absolute atomic E-state index is 13.4. The van der Waals surface area contributed by atoms with Crippen LogP contribution in [0.25, 0.3) is 10.8 Å². The number of pyridine rings is 1. The van der Waals surface area contributed by atoms with Gasteiger partial charge >= 0.3 is 6.18 Å². The normalized spacial score (nSPS) is 14.2. The van der Waals surface area contributed by atoms with E-state index in [4.69, 9.17) is 11.6 Å². The van der Waals surface area contributed by atoms with Crippen LogP contribution in [0.5, 0.6) is 0 Å². The number of aromatic nitrogens is 1. The molecule has 0 bridgehead atoms. The summed E-state index contributed by atoms with van der Waals surface area (Å²) in [5.74, 6) is -2.39. The summed E-state index contributed by atoms with van der Waals surface area (Å²) in [6.07, 6.45) is -2.70. The summed E-state index contributed by atoms with van der Waals surface area (Å²) < 4.78 is 40.3. The van der Waals surface area contributed by atoms with E-state index in [2.05, 4.69) is 10.3 Å². The van der Waals surface area contributed by atoms with E-state index in [0.29, 0.717) is 16.4 Å². The second-order valence-corrected chi connectivity index (χ2v) is 6.66. The first kappa shape index (κ1) is 18.5. The fraction of sp³-hybridized carbons (Fsp3) is 0.250. The standard InChI is InChI=1S/C20H18ClF3N2/c1-13(20(22,23)24)16(12-26-18-9-5-4-8-17(18)21)19-10-14-6-2-3-7-15(14)11-25-19/h2-11,13,16,26H,12H2,1H3/t13-,16-/m1/s1. The van der Waals surface area contributed by atoms with Crippen LogP contribution in [0.1, 0.15) is 18.5 Å². The van der Waals surface area contributed by atoms with Gasteiger partial charge in [0.2, 0.25) is 0 Å². The summed E-state index contributed by atoms with van der Waals surface area (Å²) >= 11 is 6.10. The molecule has 0 aliphatic carbocycles. The third-order valence-corrected chi connectivity index (χ3v) is 4.87. The van der Waals surface area contributed by atoms with Gasteiger partial charge in [-0.05, 0) is 23.6 Å². The number of para-hydroxylation sites is 1. The highest BCUT2D eigenvalue weighted by Crippen LogP contribution is 2.37. The maximum atomic E-state index is 13.4. The Bertz CT molecular complexity index is 895. The quantitative estimate of drug-likeness (QED) is 0.565. The van der Waals surface area contributed by atoms with Crippen molar-refractivity contribution >= 4 is 28.1 Å². The Labute approximate surface area is 155 Å². The van der Waals surface area contributed by atoms with Gasteiger partial charge in [0.25, 0.3) is 0 Å². The van der Waals surface area contributed by atoms with E-state index in [9.17, 15) is 13.2 Å². The van der Waals surface area contributed by atoms with Crippen LogP contribution in [0.2, 0.25) is 5.02 Å². The molecule has 2 aromatic carbocycles. The fourth-order valence-corrected chi connectivity index (χ4v) is 3.10. The highest BCUT2D eigenvalue weighted by Gasteiger charge is 2.42. The number of fused-ring (bicyclic) bond motifs is 1. The first-order chi connectivity index (χ1) is 12.4. The van der Waals surface area contributed by atoms with Crippen LogP contribution in [0.15, 0.2) is 60.8 Å². The number of nitrogens with zero attached hydrogens (tertiary/aromatic N) is 1. The topological polar surface area (TPSA) is 24.9 Å². The van der Waals surface area contributed by atoms with Gasteiger partial charge in [0, 0.05) is 29.7 Å². The van der Waals surface area contributed by atoms with Gasteiger partial charge in [0.05, 0.1) is 16.6 Å². The van der Waals surface area contributed by atoms with Crippen LogP contribution in [0.4, 0.5) is 18.9 Å². The first-order valence-corrected chi connectivity index (χ1v) is 8.64. The summed E-state index contributed by atoms with van der Waals surface area (Å²) in [6.45, 7) is 1.27. The van der Waals surface area contributed by atoms with Crippen molar-refractivity contribution in [1.29, 1.82) is 0 Å². The minimum Gasteiger partial charge on any atom is -0.383 e. The maximum Gasteiger partial charge on any atom is 0.392 e. The molecule has 0 saturated carbocycles. The predicted molar refractivity (Wildman–Crippen MR) is 99.6 cm³/mol. The third-order valence-electron chi connectivity index (χ3n) is 4.54. The Balaban J connectivity index is 1.93. The number of hydrogen-bond donors (Lipinski definition) is 1. The Morgan fingerprint density at radius 2 is 1.69 bits per heavy atom. The van der Waals surface area contributed by atoms with Gasteiger partial charge in [-0.2, -0.15) is 13.2 Å². The van der Waals surface area contributed by atoms with Crippen LogP contribution in [0.3, 0.4) is 0 Å². The van der Waals surface area contributed by atoms with Gasteiger partial charge in [0.15, 0.2) is 0 Å². The monoisotopic (exact) mass is 378 g/mol. The van der Waals surface area contributed by atoms with E-state index in [1.54, 1.807) is 36.5 Å². The summed E-state index contributed by atoms with van der Waals surface area (Å²) in [5.41, 5.74) is 1.02. The van der Waals surface area contributed by atoms with Crippen LogP contribution in [0, 0.1) is 5.92 Å². The smallest absolute Gasteiger partial charge is 0.383 e. The van der Waals surface area contributed by atoms with Crippen LogP contribution >= 0.6 is 11.6 Å². The van der Waals surface area contributed by atoms with Crippen molar-refractivity contribution in [3.63, 3.8) is 0 Å². The SMILES string of the molecule is C[C@H]([C@@H](CNc1ccccc1Cl)c1cc2ccccc2cn1)C(F)(F)F. The average Bonchev–Trinajstić information content (AvgIpc) is 2.62. The predicted octanol–water partition coefficient (Wildman–Crippen LogP) is 6.28. The highest BCUT2D eigenvalue weighted by molar-refractivity contribution is 6.33. The Kier molecular flexibility index (Phi) is 5.37. The summed E-state index contributed by atoms with van der Waals surface area (Å²) in [6, 6.07) is 16.2. The summed E-state index contributed by atoms with van der Waals surface area (Å²) in [7, 11) is 0. The molecule has 3 aromatic rings. The number of benzene rings is 2. The zero-order chi connectivity index (χ0) is 18.7. The van der Waals surface area contributed by atoms with Gasteiger partial charge < -0.3 is 5.32 Å².